The average molecular weight is 251 g/mol. The van der Waals surface area contributed by atoms with Gasteiger partial charge in [0.2, 0.25) is 0 Å². The third-order valence-electron chi connectivity index (χ3n) is 1.96. The summed E-state index contributed by atoms with van der Waals surface area (Å²) < 4.78 is 55.4. The predicted octanol–water partition coefficient (Wildman–Crippen LogP) is 2.60. The van der Waals surface area contributed by atoms with Gasteiger partial charge in [-0.25, -0.2) is 9.18 Å². The summed E-state index contributed by atoms with van der Waals surface area (Å²) in [6.07, 6.45) is -4.85. The van der Waals surface area contributed by atoms with Gasteiger partial charge in [-0.1, -0.05) is 0 Å². The minimum atomic E-state index is -4.85. The van der Waals surface area contributed by atoms with Crippen LogP contribution in [0.1, 0.15) is 22.8 Å². The summed E-state index contributed by atoms with van der Waals surface area (Å²) in [4.78, 5) is 11.3. The van der Waals surface area contributed by atoms with E-state index < -0.39 is 34.8 Å². The first-order valence-electron chi connectivity index (χ1n) is 4.61. The fraction of sp³-hybridized carbons (Fsp3) is 0.300. The number of benzene rings is 1. The van der Waals surface area contributed by atoms with Gasteiger partial charge in [0.1, 0.15) is 5.56 Å². The molecule has 0 spiro atoms. The molecular weight excluding hydrogens is 242 g/mol. The molecule has 0 unspecified atom stereocenters. The zero-order valence-corrected chi connectivity index (χ0v) is 8.77. The van der Waals surface area contributed by atoms with E-state index in [0.717, 1.165) is 6.07 Å². The molecule has 0 saturated heterocycles. The first kappa shape index (κ1) is 13.3. The van der Waals surface area contributed by atoms with E-state index in [1.807, 2.05) is 0 Å². The summed E-state index contributed by atoms with van der Waals surface area (Å²) in [5.41, 5.74) is 1.99. The lowest BCUT2D eigenvalue weighted by molar-refractivity contribution is -0.138. The Hall–Kier alpha value is -1.79. The van der Waals surface area contributed by atoms with Gasteiger partial charge in [0, 0.05) is 0 Å². The molecule has 7 heteroatoms. The van der Waals surface area contributed by atoms with Crippen molar-refractivity contribution >= 4 is 11.7 Å². The molecule has 0 aliphatic carbocycles. The number of anilines is 1. The highest BCUT2D eigenvalue weighted by molar-refractivity contribution is 5.92. The molecule has 94 valence electrons. The molecule has 0 radical (unpaired) electrons. The summed E-state index contributed by atoms with van der Waals surface area (Å²) in [6, 6.07) is 1.30. The summed E-state index contributed by atoms with van der Waals surface area (Å²) in [7, 11) is 0. The van der Waals surface area contributed by atoms with E-state index in [4.69, 9.17) is 5.73 Å². The molecule has 1 aromatic carbocycles. The quantitative estimate of drug-likeness (QED) is 0.499. The lowest BCUT2D eigenvalue weighted by atomic mass is 10.1. The van der Waals surface area contributed by atoms with Crippen LogP contribution in [0.3, 0.4) is 0 Å². The molecule has 0 aromatic heterocycles. The molecular formula is C10H9F4NO2. The molecule has 1 aromatic rings. The van der Waals surface area contributed by atoms with E-state index in [-0.39, 0.29) is 6.61 Å². The molecule has 0 amide bonds. The van der Waals surface area contributed by atoms with E-state index >= 15 is 0 Å². The van der Waals surface area contributed by atoms with Crippen LogP contribution in [0.5, 0.6) is 0 Å². The molecule has 3 nitrogen and oxygen atoms in total. The Morgan fingerprint density at radius 1 is 1.41 bits per heavy atom. The van der Waals surface area contributed by atoms with Gasteiger partial charge in [-0.05, 0) is 19.1 Å². The summed E-state index contributed by atoms with van der Waals surface area (Å²) in [5, 5.41) is 0. The third-order valence-corrected chi connectivity index (χ3v) is 1.96. The molecule has 0 heterocycles. The van der Waals surface area contributed by atoms with Crippen LogP contribution < -0.4 is 5.73 Å². The molecule has 0 fully saturated rings. The Balaban J connectivity index is 3.42. The molecule has 0 bridgehead atoms. The number of hydrogen-bond donors (Lipinski definition) is 1. The number of carbonyl (C=O) groups is 1. The number of rotatable bonds is 2. The monoisotopic (exact) mass is 251 g/mol. The number of hydrogen-bond acceptors (Lipinski definition) is 3. The Labute approximate surface area is 94.2 Å². The van der Waals surface area contributed by atoms with Crippen LogP contribution in [0.25, 0.3) is 0 Å². The second kappa shape index (κ2) is 4.60. The van der Waals surface area contributed by atoms with Gasteiger partial charge in [0.25, 0.3) is 0 Å². The Kier molecular flexibility index (Phi) is 3.59. The summed E-state index contributed by atoms with van der Waals surface area (Å²) >= 11 is 0. The zero-order chi connectivity index (χ0) is 13.2. The summed E-state index contributed by atoms with van der Waals surface area (Å²) in [6.45, 7) is 1.24. The first-order chi connectivity index (χ1) is 7.79. The van der Waals surface area contributed by atoms with Gasteiger partial charge in [0.15, 0.2) is 5.82 Å². The topological polar surface area (TPSA) is 52.3 Å². The van der Waals surface area contributed by atoms with Crippen LogP contribution >= 0.6 is 0 Å². The van der Waals surface area contributed by atoms with Gasteiger partial charge in [-0.3, -0.25) is 0 Å². The van der Waals surface area contributed by atoms with Crippen molar-refractivity contribution in [3.8, 4) is 0 Å². The lowest BCUT2D eigenvalue weighted by Gasteiger charge is -2.13. The fourth-order valence-corrected chi connectivity index (χ4v) is 1.23. The number of halogens is 4. The molecule has 17 heavy (non-hydrogen) atoms. The van der Waals surface area contributed by atoms with Crippen molar-refractivity contribution in [1.82, 2.24) is 0 Å². The molecule has 0 atom stereocenters. The van der Waals surface area contributed by atoms with Gasteiger partial charge >= 0.3 is 12.1 Å². The van der Waals surface area contributed by atoms with Gasteiger partial charge in [0.05, 0.1) is 17.9 Å². The maximum Gasteiger partial charge on any atom is 0.417 e. The average Bonchev–Trinajstić information content (AvgIpc) is 2.20. The minimum Gasteiger partial charge on any atom is -0.462 e. The van der Waals surface area contributed by atoms with Crippen LogP contribution in [-0.2, 0) is 10.9 Å². The Bertz CT molecular complexity index is 443. The Morgan fingerprint density at radius 2 is 2.00 bits per heavy atom. The molecule has 0 aliphatic heterocycles. The fourth-order valence-electron chi connectivity index (χ4n) is 1.23. The maximum absolute atomic E-state index is 13.4. The van der Waals surface area contributed by atoms with E-state index in [1.165, 1.54) is 6.92 Å². The number of esters is 1. The van der Waals surface area contributed by atoms with E-state index in [1.54, 1.807) is 0 Å². The molecule has 0 saturated carbocycles. The summed E-state index contributed by atoms with van der Waals surface area (Å²) in [5.74, 6) is -2.80. The van der Waals surface area contributed by atoms with Crippen LogP contribution in [-0.4, -0.2) is 12.6 Å². The lowest BCUT2D eigenvalue weighted by Crippen LogP contribution is -2.18. The van der Waals surface area contributed by atoms with Crippen molar-refractivity contribution in [3.05, 3.63) is 29.1 Å². The number of nitrogen functional groups attached to an aromatic ring is 1. The van der Waals surface area contributed by atoms with Crippen molar-refractivity contribution in [1.29, 1.82) is 0 Å². The van der Waals surface area contributed by atoms with E-state index in [0.29, 0.717) is 6.07 Å². The normalized spacial score (nSPS) is 11.4. The number of alkyl halides is 3. The highest BCUT2D eigenvalue weighted by Crippen LogP contribution is 2.34. The van der Waals surface area contributed by atoms with Crippen molar-refractivity contribution in [3.63, 3.8) is 0 Å². The second-order valence-corrected chi connectivity index (χ2v) is 3.11. The van der Waals surface area contributed by atoms with Crippen LogP contribution in [0, 0.1) is 5.82 Å². The van der Waals surface area contributed by atoms with Crippen LogP contribution in [0.4, 0.5) is 23.2 Å². The largest absolute Gasteiger partial charge is 0.462 e. The van der Waals surface area contributed by atoms with E-state index in [2.05, 4.69) is 4.74 Å². The van der Waals surface area contributed by atoms with Crippen molar-refractivity contribution in [2.45, 2.75) is 13.1 Å². The third kappa shape index (κ3) is 2.66. The van der Waals surface area contributed by atoms with Gasteiger partial charge in [-0.2, -0.15) is 13.2 Å². The minimum absolute atomic E-state index is 0.162. The highest BCUT2D eigenvalue weighted by Gasteiger charge is 2.38. The Morgan fingerprint density at radius 3 is 2.47 bits per heavy atom. The van der Waals surface area contributed by atoms with Crippen molar-refractivity contribution in [2.24, 2.45) is 0 Å². The number of ether oxygens (including phenoxy) is 1. The molecule has 2 N–H and O–H groups in total. The van der Waals surface area contributed by atoms with Crippen molar-refractivity contribution in [2.75, 3.05) is 12.3 Å². The molecule has 1 rings (SSSR count). The smallest absolute Gasteiger partial charge is 0.417 e. The first-order valence-corrected chi connectivity index (χ1v) is 4.61. The van der Waals surface area contributed by atoms with Crippen LogP contribution in [0.2, 0.25) is 0 Å². The van der Waals surface area contributed by atoms with E-state index in [9.17, 15) is 22.4 Å². The number of nitrogens with two attached hydrogens (primary N) is 1. The highest BCUT2D eigenvalue weighted by atomic mass is 19.4. The predicted molar refractivity (Wildman–Crippen MR) is 51.8 cm³/mol. The van der Waals surface area contributed by atoms with Crippen molar-refractivity contribution < 1.29 is 27.1 Å². The molecule has 0 aliphatic rings. The van der Waals surface area contributed by atoms with Gasteiger partial charge in [-0.15, -0.1) is 0 Å². The van der Waals surface area contributed by atoms with Gasteiger partial charge < -0.3 is 10.5 Å². The second-order valence-electron chi connectivity index (χ2n) is 3.11. The number of carbonyl (C=O) groups excluding carboxylic acids is 1. The van der Waals surface area contributed by atoms with Crippen LogP contribution in [0.15, 0.2) is 12.1 Å². The maximum atomic E-state index is 13.4. The zero-order valence-electron chi connectivity index (χ0n) is 8.77. The standard InChI is InChI=1S/C10H9F4NO2/c1-2-17-9(16)7-5(10(12,13)14)3-4-6(15)8(7)11/h3-4H,2,15H2,1H3. The SMILES string of the molecule is CCOC(=O)c1c(C(F)(F)F)ccc(N)c1F.